The third-order valence-corrected chi connectivity index (χ3v) is 6.63. The van der Waals surface area contributed by atoms with Gasteiger partial charge >= 0.3 is 0 Å². The van der Waals surface area contributed by atoms with Gasteiger partial charge in [-0.1, -0.05) is 48.5 Å². The number of methoxy groups -OCH3 is 1. The number of carbonyl (C=O) groups is 2. The number of hydrogen-bond donors (Lipinski definition) is 2. The van der Waals surface area contributed by atoms with Gasteiger partial charge in [0.05, 0.1) is 18.7 Å². The van der Waals surface area contributed by atoms with Crippen molar-refractivity contribution in [2.24, 2.45) is 0 Å². The number of ketones is 1. The summed E-state index contributed by atoms with van der Waals surface area (Å²) in [6.07, 6.45) is 1.79. The third-order valence-electron chi connectivity index (χ3n) is 6.63. The smallest absolute Gasteiger partial charge is 0.290 e. The van der Waals surface area contributed by atoms with Crippen LogP contribution in [0.2, 0.25) is 0 Å². The second-order valence-corrected chi connectivity index (χ2v) is 8.71. The van der Waals surface area contributed by atoms with E-state index in [0.29, 0.717) is 11.3 Å². The van der Waals surface area contributed by atoms with Crippen molar-refractivity contribution in [2.75, 3.05) is 7.11 Å². The molecule has 0 spiro atoms. The number of para-hydroxylation sites is 2. The molecule has 0 aliphatic carbocycles. The number of furan rings is 1. The zero-order valence-corrected chi connectivity index (χ0v) is 19.4. The van der Waals surface area contributed by atoms with E-state index < -0.39 is 23.5 Å². The molecular weight excluding hydrogens is 456 g/mol. The first-order chi connectivity index (χ1) is 17.5. The third kappa shape index (κ3) is 3.44. The molecule has 0 fully saturated rings. The Balaban J connectivity index is 1.47. The molecule has 1 aliphatic rings. The average molecular weight is 479 g/mol. The number of aliphatic hydroxyl groups is 1. The molecule has 7 nitrogen and oxygen atoms in total. The highest BCUT2D eigenvalue weighted by molar-refractivity contribution is 6.16. The molecule has 7 heteroatoms. The SMILES string of the molecule is COc1ccc(CN2C(=O)C(O)=C(C(=O)c3cc4ccccc4o3)C2c2c[nH]c3ccccc23)cc1. The van der Waals surface area contributed by atoms with Gasteiger partial charge in [0.1, 0.15) is 11.3 Å². The van der Waals surface area contributed by atoms with Gasteiger partial charge in [0.25, 0.3) is 5.91 Å². The minimum atomic E-state index is -0.809. The summed E-state index contributed by atoms with van der Waals surface area (Å²) in [6, 6.07) is 23.1. The van der Waals surface area contributed by atoms with Crippen molar-refractivity contribution >= 4 is 33.6 Å². The summed E-state index contributed by atoms with van der Waals surface area (Å²) in [5, 5.41) is 12.7. The number of fused-ring (bicyclic) bond motifs is 2. The highest BCUT2D eigenvalue weighted by Gasteiger charge is 2.45. The molecule has 2 aromatic heterocycles. The molecule has 178 valence electrons. The van der Waals surface area contributed by atoms with Crippen LogP contribution >= 0.6 is 0 Å². The van der Waals surface area contributed by atoms with E-state index in [4.69, 9.17) is 9.15 Å². The van der Waals surface area contributed by atoms with Crippen LogP contribution in [0.5, 0.6) is 5.75 Å². The number of nitrogens with one attached hydrogen (secondary N) is 1. The van der Waals surface area contributed by atoms with Crippen LogP contribution in [-0.4, -0.2) is 33.8 Å². The van der Waals surface area contributed by atoms with Crippen molar-refractivity contribution in [2.45, 2.75) is 12.6 Å². The molecule has 6 rings (SSSR count). The number of carbonyl (C=O) groups excluding carboxylic acids is 2. The summed E-state index contributed by atoms with van der Waals surface area (Å²) in [5.41, 5.74) is 2.97. The first-order valence-corrected chi connectivity index (χ1v) is 11.5. The number of Topliss-reactive ketones (excluding diaryl/α,β-unsaturated/α-hetero) is 1. The van der Waals surface area contributed by atoms with Crippen molar-refractivity contribution in [3.63, 3.8) is 0 Å². The van der Waals surface area contributed by atoms with Crippen LogP contribution < -0.4 is 4.74 Å². The number of aliphatic hydroxyl groups excluding tert-OH is 1. The van der Waals surface area contributed by atoms with Crippen LogP contribution in [0.1, 0.15) is 27.7 Å². The van der Waals surface area contributed by atoms with Gasteiger partial charge in [0.2, 0.25) is 5.78 Å². The van der Waals surface area contributed by atoms with E-state index in [2.05, 4.69) is 4.98 Å². The van der Waals surface area contributed by atoms with E-state index in [1.54, 1.807) is 25.4 Å². The van der Waals surface area contributed by atoms with E-state index in [1.165, 1.54) is 4.90 Å². The molecule has 0 radical (unpaired) electrons. The Hall–Kier alpha value is -4.78. The van der Waals surface area contributed by atoms with Crippen LogP contribution in [0.15, 0.2) is 101 Å². The Bertz CT molecular complexity index is 1630. The number of benzene rings is 3. The van der Waals surface area contributed by atoms with Crippen LogP contribution in [0, 0.1) is 0 Å². The summed E-state index contributed by atoms with van der Waals surface area (Å²) < 4.78 is 11.1. The van der Waals surface area contributed by atoms with E-state index in [-0.39, 0.29) is 17.9 Å². The molecule has 2 N–H and O–H groups in total. The molecule has 0 saturated carbocycles. The summed E-state index contributed by atoms with van der Waals surface area (Å²) in [6.45, 7) is 0.188. The van der Waals surface area contributed by atoms with Crippen molar-refractivity contribution in [3.8, 4) is 5.75 Å². The molecule has 1 atom stereocenters. The Morgan fingerprint density at radius 2 is 1.81 bits per heavy atom. The molecule has 3 heterocycles. The van der Waals surface area contributed by atoms with Gasteiger partial charge in [-0.3, -0.25) is 9.59 Å². The first-order valence-electron chi connectivity index (χ1n) is 11.5. The van der Waals surface area contributed by atoms with Crippen molar-refractivity contribution < 1.29 is 23.8 Å². The maximum absolute atomic E-state index is 13.8. The van der Waals surface area contributed by atoms with E-state index in [1.807, 2.05) is 66.7 Å². The second kappa shape index (κ2) is 8.46. The lowest BCUT2D eigenvalue weighted by molar-refractivity contribution is -0.130. The molecular formula is C29H22N2O5. The molecule has 0 saturated heterocycles. The summed E-state index contributed by atoms with van der Waals surface area (Å²) >= 11 is 0. The molecule has 1 aliphatic heterocycles. The predicted molar refractivity (Wildman–Crippen MR) is 135 cm³/mol. The minimum Gasteiger partial charge on any atom is -0.503 e. The maximum atomic E-state index is 13.8. The predicted octanol–water partition coefficient (Wildman–Crippen LogP) is 5.70. The normalized spacial score (nSPS) is 15.9. The zero-order valence-electron chi connectivity index (χ0n) is 19.4. The fourth-order valence-corrected chi connectivity index (χ4v) is 4.85. The number of amides is 1. The van der Waals surface area contributed by atoms with Crippen LogP contribution in [0.3, 0.4) is 0 Å². The zero-order chi connectivity index (χ0) is 24.8. The number of H-pyrrole nitrogens is 1. The lowest BCUT2D eigenvalue weighted by atomic mass is 9.94. The van der Waals surface area contributed by atoms with Gasteiger partial charge in [-0.2, -0.15) is 0 Å². The standard InChI is InChI=1S/C29H22N2O5/c1-35-19-12-10-17(11-13-19)16-31-26(21-15-30-22-8-4-3-7-20(21)22)25(28(33)29(31)34)27(32)24-14-18-6-2-5-9-23(18)36-24/h2-15,26,30,33H,16H2,1H3. The molecule has 5 aromatic rings. The summed E-state index contributed by atoms with van der Waals surface area (Å²) in [7, 11) is 1.59. The molecule has 1 amide bonds. The minimum absolute atomic E-state index is 0.00248. The topological polar surface area (TPSA) is 95.8 Å². The van der Waals surface area contributed by atoms with Gasteiger partial charge in [0, 0.05) is 34.6 Å². The average Bonchev–Trinajstić information content (AvgIpc) is 3.60. The fourth-order valence-electron chi connectivity index (χ4n) is 4.85. The fraction of sp³-hybridized carbons (Fsp3) is 0.103. The quantitative estimate of drug-likeness (QED) is 0.305. The Morgan fingerprint density at radius 1 is 1.06 bits per heavy atom. The van der Waals surface area contributed by atoms with E-state index in [9.17, 15) is 14.7 Å². The van der Waals surface area contributed by atoms with Crippen molar-refractivity contribution in [1.82, 2.24) is 9.88 Å². The second-order valence-electron chi connectivity index (χ2n) is 8.71. The molecule has 36 heavy (non-hydrogen) atoms. The van der Waals surface area contributed by atoms with Crippen molar-refractivity contribution in [3.05, 3.63) is 113 Å². The summed E-state index contributed by atoms with van der Waals surface area (Å²) in [4.78, 5) is 31.9. The van der Waals surface area contributed by atoms with Gasteiger partial charge in [0.15, 0.2) is 11.5 Å². The van der Waals surface area contributed by atoms with Gasteiger partial charge in [-0.25, -0.2) is 0 Å². The van der Waals surface area contributed by atoms with E-state index in [0.717, 1.165) is 27.4 Å². The van der Waals surface area contributed by atoms with Crippen LogP contribution in [0.25, 0.3) is 21.9 Å². The van der Waals surface area contributed by atoms with Crippen LogP contribution in [-0.2, 0) is 11.3 Å². The molecule has 0 bridgehead atoms. The number of ether oxygens (including phenoxy) is 1. The van der Waals surface area contributed by atoms with Crippen molar-refractivity contribution in [1.29, 1.82) is 0 Å². The maximum Gasteiger partial charge on any atom is 0.290 e. The van der Waals surface area contributed by atoms with Gasteiger partial charge in [-0.05, 0) is 35.9 Å². The number of aromatic amines is 1. The van der Waals surface area contributed by atoms with E-state index >= 15 is 0 Å². The Morgan fingerprint density at radius 3 is 2.58 bits per heavy atom. The summed E-state index contributed by atoms with van der Waals surface area (Å²) in [5.74, 6) is -0.933. The Labute approximate surface area is 206 Å². The molecule has 3 aromatic carbocycles. The number of aromatic nitrogens is 1. The monoisotopic (exact) mass is 478 g/mol. The largest absolute Gasteiger partial charge is 0.503 e. The highest BCUT2D eigenvalue weighted by Crippen LogP contribution is 2.42. The lowest BCUT2D eigenvalue weighted by Crippen LogP contribution is -2.30. The van der Waals surface area contributed by atoms with Gasteiger partial charge < -0.3 is 24.1 Å². The number of hydrogen-bond acceptors (Lipinski definition) is 5. The number of rotatable bonds is 6. The van der Waals surface area contributed by atoms with Crippen LogP contribution in [0.4, 0.5) is 0 Å². The highest BCUT2D eigenvalue weighted by atomic mass is 16.5. The first kappa shape index (κ1) is 21.7. The Kier molecular flexibility index (Phi) is 5.11. The lowest BCUT2D eigenvalue weighted by Gasteiger charge is -2.26. The molecule has 1 unspecified atom stereocenters. The van der Waals surface area contributed by atoms with Gasteiger partial charge in [-0.15, -0.1) is 0 Å². The number of nitrogens with zero attached hydrogens (tertiary/aromatic N) is 1.